The first-order valence-corrected chi connectivity index (χ1v) is 7.73. The fourth-order valence-corrected chi connectivity index (χ4v) is 2.35. The molecule has 6 heteroatoms. The number of carbonyl (C=O) groups excluding carboxylic acids is 2. The standard InChI is InChI=1S/C19H17N3O3/c1-12(23)20-15-6-3-14(4-7-15)5-10-19(24)22-16-8-9-17-18(11-16)25-13(2)21-17/h3-11H,1-2H3,(H,20,23)(H,22,24). The van der Waals surface area contributed by atoms with E-state index in [0.29, 0.717) is 22.8 Å². The molecule has 6 nitrogen and oxygen atoms in total. The first-order chi connectivity index (χ1) is 12.0. The van der Waals surface area contributed by atoms with Gasteiger partial charge in [0.2, 0.25) is 11.8 Å². The van der Waals surface area contributed by atoms with E-state index in [1.54, 1.807) is 43.3 Å². The molecule has 2 N–H and O–H groups in total. The Morgan fingerprint density at radius 2 is 1.76 bits per heavy atom. The van der Waals surface area contributed by atoms with Crippen molar-refractivity contribution >= 4 is 40.4 Å². The van der Waals surface area contributed by atoms with E-state index >= 15 is 0 Å². The topological polar surface area (TPSA) is 84.2 Å². The second-order valence-electron chi connectivity index (χ2n) is 5.54. The number of oxazole rings is 1. The van der Waals surface area contributed by atoms with Crippen molar-refractivity contribution in [3.05, 3.63) is 60.0 Å². The molecule has 1 heterocycles. The van der Waals surface area contributed by atoms with Gasteiger partial charge in [0.05, 0.1) is 0 Å². The number of benzene rings is 2. The normalized spacial score (nSPS) is 11.0. The maximum Gasteiger partial charge on any atom is 0.248 e. The molecule has 1 aromatic heterocycles. The van der Waals surface area contributed by atoms with E-state index in [4.69, 9.17) is 4.42 Å². The number of carbonyl (C=O) groups is 2. The molecule has 126 valence electrons. The number of anilines is 2. The second kappa shape index (κ2) is 7.00. The van der Waals surface area contributed by atoms with Crippen molar-refractivity contribution in [3.63, 3.8) is 0 Å². The van der Waals surface area contributed by atoms with Crippen LogP contribution in [0.15, 0.2) is 53.0 Å². The third-order valence-electron chi connectivity index (χ3n) is 3.42. The van der Waals surface area contributed by atoms with Crippen LogP contribution in [-0.2, 0) is 9.59 Å². The van der Waals surface area contributed by atoms with Gasteiger partial charge in [0, 0.05) is 37.4 Å². The second-order valence-corrected chi connectivity index (χ2v) is 5.54. The summed E-state index contributed by atoms with van der Waals surface area (Å²) in [6.07, 6.45) is 3.15. The summed E-state index contributed by atoms with van der Waals surface area (Å²) < 4.78 is 5.45. The van der Waals surface area contributed by atoms with Crippen LogP contribution in [0.5, 0.6) is 0 Å². The quantitative estimate of drug-likeness (QED) is 0.711. The Hall–Kier alpha value is -3.41. The lowest BCUT2D eigenvalue weighted by molar-refractivity contribution is -0.114. The highest BCUT2D eigenvalue weighted by atomic mass is 16.3. The van der Waals surface area contributed by atoms with Crippen LogP contribution in [0.2, 0.25) is 0 Å². The summed E-state index contributed by atoms with van der Waals surface area (Å²) in [6, 6.07) is 12.5. The molecule has 0 aliphatic carbocycles. The number of hydrogen-bond acceptors (Lipinski definition) is 4. The fraction of sp³-hybridized carbons (Fsp3) is 0.105. The van der Waals surface area contributed by atoms with E-state index in [2.05, 4.69) is 15.6 Å². The average molecular weight is 335 g/mol. The van der Waals surface area contributed by atoms with E-state index in [-0.39, 0.29) is 11.8 Å². The van der Waals surface area contributed by atoms with Crippen LogP contribution in [0.25, 0.3) is 17.2 Å². The van der Waals surface area contributed by atoms with Crippen LogP contribution in [0.1, 0.15) is 18.4 Å². The summed E-state index contributed by atoms with van der Waals surface area (Å²) in [4.78, 5) is 27.2. The number of nitrogens with zero attached hydrogens (tertiary/aromatic N) is 1. The number of rotatable bonds is 4. The summed E-state index contributed by atoms with van der Waals surface area (Å²) in [5.41, 5.74) is 3.59. The summed E-state index contributed by atoms with van der Waals surface area (Å²) in [5.74, 6) is 0.212. The minimum atomic E-state index is -0.249. The molecule has 0 radical (unpaired) electrons. The van der Waals surface area contributed by atoms with E-state index < -0.39 is 0 Å². The lowest BCUT2D eigenvalue weighted by Crippen LogP contribution is -2.07. The monoisotopic (exact) mass is 335 g/mol. The number of aryl methyl sites for hydroxylation is 1. The molecular weight excluding hydrogens is 318 g/mol. The summed E-state index contributed by atoms with van der Waals surface area (Å²) in [6.45, 7) is 3.23. The lowest BCUT2D eigenvalue weighted by Gasteiger charge is -2.02. The first-order valence-electron chi connectivity index (χ1n) is 7.73. The number of hydrogen-bond donors (Lipinski definition) is 2. The third kappa shape index (κ3) is 4.32. The largest absolute Gasteiger partial charge is 0.441 e. The average Bonchev–Trinajstić information content (AvgIpc) is 2.93. The van der Waals surface area contributed by atoms with Crippen molar-refractivity contribution in [1.29, 1.82) is 0 Å². The van der Waals surface area contributed by atoms with Crippen LogP contribution in [0.4, 0.5) is 11.4 Å². The Morgan fingerprint density at radius 3 is 2.48 bits per heavy atom. The van der Waals surface area contributed by atoms with Crippen molar-refractivity contribution in [1.82, 2.24) is 4.98 Å². The minimum Gasteiger partial charge on any atom is -0.441 e. The van der Waals surface area contributed by atoms with Crippen molar-refractivity contribution in [3.8, 4) is 0 Å². The zero-order valence-corrected chi connectivity index (χ0v) is 13.9. The van der Waals surface area contributed by atoms with Crippen molar-refractivity contribution in [2.24, 2.45) is 0 Å². The van der Waals surface area contributed by atoms with Crippen LogP contribution in [0, 0.1) is 6.92 Å². The molecule has 0 spiro atoms. The van der Waals surface area contributed by atoms with Gasteiger partial charge in [-0.3, -0.25) is 9.59 Å². The van der Waals surface area contributed by atoms with E-state index in [1.165, 1.54) is 13.0 Å². The maximum atomic E-state index is 12.0. The highest BCUT2D eigenvalue weighted by molar-refractivity contribution is 6.02. The number of aromatic nitrogens is 1. The van der Waals surface area contributed by atoms with Gasteiger partial charge in [-0.25, -0.2) is 4.98 Å². The summed E-state index contributed by atoms with van der Waals surface area (Å²) >= 11 is 0. The Morgan fingerprint density at radius 1 is 1.04 bits per heavy atom. The zero-order valence-electron chi connectivity index (χ0n) is 13.9. The Bertz CT molecular complexity index is 956. The predicted molar refractivity (Wildman–Crippen MR) is 97.2 cm³/mol. The van der Waals surface area contributed by atoms with Gasteiger partial charge < -0.3 is 15.1 Å². The highest BCUT2D eigenvalue weighted by Crippen LogP contribution is 2.20. The van der Waals surface area contributed by atoms with Gasteiger partial charge in [0.15, 0.2) is 11.5 Å². The Kier molecular flexibility index (Phi) is 4.61. The van der Waals surface area contributed by atoms with Gasteiger partial charge in [0.25, 0.3) is 0 Å². The Labute approximate surface area is 144 Å². The number of amides is 2. The SMILES string of the molecule is CC(=O)Nc1ccc(C=CC(=O)Nc2ccc3nc(C)oc3c2)cc1. The van der Waals surface area contributed by atoms with Gasteiger partial charge in [-0.05, 0) is 35.9 Å². The predicted octanol–water partition coefficient (Wildman–Crippen LogP) is 3.75. The number of fused-ring (bicyclic) bond motifs is 1. The van der Waals surface area contributed by atoms with Gasteiger partial charge in [-0.2, -0.15) is 0 Å². The molecule has 0 unspecified atom stereocenters. The van der Waals surface area contributed by atoms with Gasteiger partial charge in [-0.15, -0.1) is 0 Å². The summed E-state index contributed by atoms with van der Waals surface area (Å²) in [7, 11) is 0. The van der Waals surface area contributed by atoms with Crippen LogP contribution < -0.4 is 10.6 Å². The maximum absolute atomic E-state index is 12.0. The van der Waals surface area contributed by atoms with Gasteiger partial charge in [0.1, 0.15) is 5.52 Å². The van der Waals surface area contributed by atoms with Crippen molar-refractivity contribution in [2.75, 3.05) is 10.6 Å². The molecule has 0 bridgehead atoms. The molecule has 25 heavy (non-hydrogen) atoms. The molecular formula is C19H17N3O3. The molecule has 0 aliphatic rings. The lowest BCUT2D eigenvalue weighted by atomic mass is 10.2. The molecule has 0 aliphatic heterocycles. The highest BCUT2D eigenvalue weighted by Gasteiger charge is 2.04. The zero-order chi connectivity index (χ0) is 17.8. The third-order valence-corrected chi connectivity index (χ3v) is 3.42. The summed E-state index contributed by atoms with van der Waals surface area (Å²) in [5, 5.41) is 5.47. The molecule has 2 amide bonds. The van der Waals surface area contributed by atoms with Crippen LogP contribution in [-0.4, -0.2) is 16.8 Å². The van der Waals surface area contributed by atoms with Gasteiger partial charge >= 0.3 is 0 Å². The van der Waals surface area contributed by atoms with E-state index in [9.17, 15) is 9.59 Å². The molecule has 2 aromatic carbocycles. The molecule has 0 saturated heterocycles. The number of nitrogens with one attached hydrogen (secondary N) is 2. The molecule has 0 fully saturated rings. The van der Waals surface area contributed by atoms with E-state index in [0.717, 1.165) is 11.1 Å². The molecule has 3 rings (SSSR count). The smallest absolute Gasteiger partial charge is 0.248 e. The van der Waals surface area contributed by atoms with Crippen molar-refractivity contribution < 1.29 is 14.0 Å². The Balaban J connectivity index is 1.64. The minimum absolute atomic E-state index is 0.124. The van der Waals surface area contributed by atoms with E-state index in [1.807, 2.05) is 12.1 Å². The molecule has 3 aromatic rings. The van der Waals surface area contributed by atoms with Crippen molar-refractivity contribution in [2.45, 2.75) is 13.8 Å². The molecule has 0 atom stereocenters. The molecule has 0 saturated carbocycles. The first kappa shape index (κ1) is 16.4. The van der Waals surface area contributed by atoms with Crippen LogP contribution >= 0.6 is 0 Å². The fourth-order valence-electron chi connectivity index (χ4n) is 2.35. The van der Waals surface area contributed by atoms with Crippen LogP contribution in [0.3, 0.4) is 0 Å². The van der Waals surface area contributed by atoms with Gasteiger partial charge in [-0.1, -0.05) is 12.1 Å².